The second-order valence-electron chi connectivity index (χ2n) is 7.19. The number of hydrogen-bond donors (Lipinski definition) is 0. The van der Waals surface area contributed by atoms with E-state index in [2.05, 4.69) is 122 Å². The molecule has 0 spiro atoms. The van der Waals surface area contributed by atoms with Crippen molar-refractivity contribution in [3.63, 3.8) is 0 Å². The van der Waals surface area contributed by atoms with Crippen molar-refractivity contribution in [1.82, 2.24) is 0 Å². The lowest BCUT2D eigenvalue weighted by molar-refractivity contribution is 1.34. The van der Waals surface area contributed by atoms with E-state index in [1.807, 2.05) is 0 Å². The molecule has 5 aromatic rings. The van der Waals surface area contributed by atoms with Crippen LogP contribution in [0, 0.1) is 0 Å². The van der Waals surface area contributed by atoms with Crippen molar-refractivity contribution in [2.24, 2.45) is 0 Å². The first kappa shape index (κ1) is 17.1. The van der Waals surface area contributed by atoms with Gasteiger partial charge in [0.25, 0.3) is 0 Å². The van der Waals surface area contributed by atoms with Gasteiger partial charge in [-0.15, -0.1) is 0 Å². The van der Waals surface area contributed by atoms with Crippen molar-refractivity contribution in [2.45, 2.75) is 14.7 Å². The number of benzene rings is 5. The maximum Gasteiger partial charge on any atom is 0.00578 e. The van der Waals surface area contributed by atoms with Gasteiger partial charge in [0.1, 0.15) is 0 Å². The molecule has 0 aliphatic carbocycles. The van der Waals surface area contributed by atoms with E-state index in [-0.39, 0.29) is 0 Å². The van der Waals surface area contributed by atoms with E-state index in [0.29, 0.717) is 0 Å². The van der Waals surface area contributed by atoms with Crippen LogP contribution in [0.4, 0.5) is 0 Å². The van der Waals surface area contributed by atoms with Crippen molar-refractivity contribution in [1.29, 1.82) is 0 Å². The zero-order chi connectivity index (χ0) is 19.0. The van der Waals surface area contributed by atoms with Gasteiger partial charge in [-0.25, -0.2) is 0 Å². The molecule has 0 bridgehead atoms. The van der Waals surface area contributed by atoms with Gasteiger partial charge in [-0.1, -0.05) is 91.0 Å². The molecule has 0 saturated heterocycles. The Labute approximate surface area is 167 Å². The molecule has 0 fully saturated rings. The van der Waals surface area contributed by atoms with Crippen LogP contribution in [0.5, 0.6) is 0 Å². The average Bonchev–Trinajstić information content (AvgIpc) is 2.78. The highest BCUT2D eigenvalue weighted by molar-refractivity contribution is 8.33. The third kappa shape index (κ3) is 2.63. The monoisotopic (exact) mass is 378 g/mol. The molecular formula is C27H22S. The highest BCUT2D eigenvalue weighted by Gasteiger charge is 2.28. The van der Waals surface area contributed by atoms with Crippen LogP contribution in [0.25, 0.3) is 21.5 Å². The molecule has 5 rings (SSSR count). The first-order valence-electron chi connectivity index (χ1n) is 9.57. The van der Waals surface area contributed by atoms with Crippen molar-refractivity contribution in [3.05, 3.63) is 115 Å². The molecule has 0 aliphatic heterocycles. The number of hydrogen-bond acceptors (Lipinski definition) is 0. The number of fused-ring (bicyclic) bond motifs is 2. The highest BCUT2D eigenvalue weighted by Crippen LogP contribution is 2.68. The summed E-state index contributed by atoms with van der Waals surface area (Å²) < 4.78 is 0. The summed E-state index contributed by atoms with van der Waals surface area (Å²) >= 11 is 0. The summed E-state index contributed by atoms with van der Waals surface area (Å²) in [6.07, 6.45) is 2.45. The number of rotatable bonds is 3. The van der Waals surface area contributed by atoms with Gasteiger partial charge in [-0.3, -0.25) is 0 Å². The summed E-state index contributed by atoms with van der Waals surface area (Å²) in [6.45, 7) is 0. The van der Waals surface area contributed by atoms with Gasteiger partial charge >= 0.3 is 0 Å². The standard InChI is InChI=1S/C27H22S/c1-28(23-15-3-2-4-16-23,26-19-9-13-21-11-5-7-17-24(21)26)27-20-10-14-22-12-6-8-18-25(22)27/h2-20H,1H3. The Morgan fingerprint density at radius 1 is 0.429 bits per heavy atom. The highest BCUT2D eigenvalue weighted by atomic mass is 32.3. The first-order chi connectivity index (χ1) is 13.8. The van der Waals surface area contributed by atoms with Crippen molar-refractivity contribution >= 4 is 31.6 Å². The van der Waals surface area contributed by atoms with E-state index in [1.165, 1.54) is 36.2 Å². The minimum atomic E-state index is -1.43. The van der Waals surface area contributed by atoms with Gasteiger partial charge in [-0.05, 0) is 57.0 Å². The summed E-state index contributed by atoms with van der Waals surface area (Å²) in [5.41, 5.74) is 0. The van der Waals surface area contributed by atoms with Crippen LogP contribution < -0.4 is 0 Å². The topological polar surface area (TPSA) is 0 Å². The van der Waals surface area contributed by atoms with Crippen molar-refractivity contribution in [2.75, 3.05) is 6.26 Å². The molecule has 28 heavy (non-hydrogen) atoms. The molecule has 0 aromatic heterocycles. The van der Waals surface area contributed by atoms with Crippen LogP contribution in [-0.4, -0.2) is 6.26 Å². The molecular weight excluding hydrogens is 356 g/mol. The van der Waals surface area contributed by atoms with E-state index in [1.54, 1.807) is 0 Å². The maximum atomic E-state index is 2.45. The molecule has 136 valence electrons. The van der Waals surface area contributed by atoms with Gasteiger partial charge in [-0.2, -0.15) is 10.0 Å². The Balaban J connectivity index is 1.92. The molecule has 0 nitrogen and oxygen atoms in total. The van der Waals surface area contributed by atoms with Crippen LogP contribution in [0.15, 0.2) is 130 Å². The third-order valence-electron chi connectivity index (χ3n) is 5.59. The van der Waals surface area contributed by atoms with Crippen molar-refractivity contribution < 1.29 is 0 Å². The molecule has 0 heterocycles. The van der Waals surface area contributed by atoms with E-state index in [9.17, 15) is 0 Å². The van der Waals surface area contributed by atoms with Crippen LogP contribution in [0.1, 0.15) is 0 Å². The Kier molecular flexibility index (Phi) is 4.18. The molecule has 0 saturated carbocycles. The molecule has 0 N–H and O–H groups in total. The Morgan fingerprint density at radius 3 is 1.39 bits per heavy atom. The van der Waals surface area contributed by atoms with Crippen molar-refractivity contribution in [3.8, 4) is 0 Å². The second kappa shape index (κ2) is 6.85. The second-order valence-corrected chi connectivity index (χ2v) is 10.4. The SMILES string of the molecule is CS(c1ccccc1)(c1cccc2ccccc12)c1cccc2ccccc12. The van der Waals surface area contributed by atoms with Gasteiger partial charge < -0.3 is 0 Å². The predicted octanol–water partition coefficient (Wildman–Crippen LogP) is 7.90. The lowest BCUT2D eigenvalue weighted by atomic mass is 10.1. The lowest BCUT2D eigenvalue weighted by Crippen LogP contribution is -2.03. The molecule has 0 atom stereocenters. The van der Waals surface area contributed by atoms with Gasteiger partial charge in [0, 0.05) is 9.79 Å². The molecule has 0 unspecified atom stereocenters. The van der Waals surface area contributed by atoms with E-state index in [4.69, 9.17) is 0 Å². The molecule has 5 aromatic carbocycles. The zero-order valence-corrected chi connectivity index (χ0v) is 16.7. The Morgan fingerprint density at radius 2 is 0.857 bits per heavy atom. The fourth-order valence-corrected chi connectivity index (χ4v) is 7.57. The minimum absolute atomic E-state index is 1.30. The minimum Gasteiger partial charge on any atom is -0.162 e. The molecule has 0 aliphatic rings. The normalized spacial score (nSPS) is 12.3. The quantitative estimate of drug-likeness (QED) is 0.299. The van der Waals surface area contributed by atoms with E-state index >= 15 is 0 Å². The van der Waals surface area contributed by atoms with Gasteiger partial charge in [0.15, 0.2) is 0 Å². The first-order valence-corrected chi connectivity index (χ1v) is 11.6. The Bertz CT molecular complexity index is 1180. The predicted molar refractivity (Wildman–Crippen MR) is 123 cm³/mol. The van der Waals surface area contributed by atoms with Crippen LogP contribution in [0.2, 0.25) is 0 Å². The van der Waals surface area contributed by atoms with E-state index in [0.717, 1.165) is 0 Å². The summed E-state index contributed by atoms with van der Waals surface area (Å²) in [5.74, 6) is 0. The molecule has 1 heteroatoms. The Hall–Kier alpha value is -3.03. The fraction of sp³-hybridized carbons (Fsp3) is 0.0370. The van der Waals surface area contributed by atoms with Crippen LogP contribution in [0.3, 0.4) is 0 Å². The summed E-state index contributed by atoms with van der Waals surface area (Å²) in [5, 5.41) is 5.29. The summed E-state index contributed by atoms with van der Waals surface area (Å²) in [7, 11) is -1.43. The summed E-state index contributed by atoms with van der Waals surface area (Å²) in [4.78, 5) is 4.24. The molecule has 0 radical (unpaired) electrons. The molecule has 0 amide bonds. The lowest BCUT2D eigenvalue weighted by Gasteiger charge is -2.39. The zero-order valence-electron chi connectivity index (χ0n) is 15.9. The van der Waals surface area contributed by atoms with Gasteiger partial charge in [0.05, 0.1) is 0 Å². The smallest absolute Gasteiger partial charge is 0.00578 e. The maximum absolute atomic E-state index is 2.45. The summed E-state index contributed by atoms with van der Waals surface area (Å²) in [6, 6.07) is 42.0. The third-order valence-corrected chi connectivity index (χ3v) is 9.28. The van der Waals surface area contributed by atoms with Crippen LogP contribution >= 0.6 is 10.0 Å². The largest absolute Gasteiger partial charge is 0.162 e. The average molecular weight is 379 g/mol. The van der Waals surface area contributed by atoms with E-state index < -0.39 is 10.0 Å². The fourth-order valence-electron chi connectivity index (χ4n) is 4.17. The van der Waals surface area contributed by atoms with Gasteiger partial charge in [0.2, 0.25) is 0 Å². The van der Waals surface area contributed by atoms with Crippen LogP contribution in [-0.2, 0) is 0 Å².